The highest BCUT2D eigenvalue weighted by atomic mass is 79.9. The van der Waals surface area contributed by atoms with Gasteiger partial charge in [0.05, 0.1) is 27.2 Å². The summed E-state index contributed by atoms with van der Waals surface area (Å²) in [5.74, 6) is -0.899. The molecule has 0 fully saturated rings. The Morgan fingerprint density at radius 1 is 1.38 bits per heavy atom. The van der Waals surface area contributed by atoms with Gasteiger partial charge < -0.3 is 5.11 Å². The Labute approximate surface area is 82.9 Å². The van der Waals surface area contributed by atoms with E-state index >= 15 is 0 Å². The van der Waals surface area contributed by atoms with E-state index in [1.807, 2.05) is 12.3 Å². The van der Waals surface area contributed by atoms with Crippen LogP contribution in [0.25, 0.3) is 10.9 Å². The van der Waals surface area contributed by atoms with Gasteiger partial charge in [-0.3, -0.25) is 3.59 Å². The Balaban J connectivity index is 2.70. The van der Waals surface area contributed by atoms with Crippen LogP contribution in [0.4, 0.5) is 0 Å². The van der Waals surface area contributed by atoms with Crippen LogP contribution >= 0.6 is 16.1 Å². The van der Waals surface area contributed by atoms with Gasteiger partial charge in [0.15, 0.2) is 0 Å². The summed E-state index contributed by atoms with van der Waals surface area (Å²) >= 11 is 3.30. The zero-order valence-electron chi connectivity index (χ0n) is 6.57. The summed E-state index contributed by atoms with van der Waals surface area (Å²) in [6.45, 7) is 0. The molecule has 1 N–H and O–H groups in total. The maximum atomic E-state index is 10.6. The van der Waals surface area contributed by atoms with E-state index < -0.39 is 5.97 Å². The molecule has 2 aromatic rings. The Morgan fingerprint density at radius 2 is 2.15 bits per heavy atom. The highest BCUT2D eigenvalue weighted by Crippen LogP contribution is 2.19. The van der Waals surface area contributed by atoms with E-state index in [2.05, 4.69) is 16.1 Å². The van der Waals surface area contributed by atoms with Crippen LogP contribution in [0.1, 0.15) is 10.4 Å². The van der Waals surface area contributed by atoms with Crippen molar-refractivity contribution in [3.05, 3.63) is 36.0 Å². The highest BCUT2D eigenvalue weighted by molar-refractivity contribution is 9.08. The van der Waals surface area contributed by atoms with Gasteiger partial charge in [0.2, 0.25) is 0 Å². The minimum absolute atomic E-state index is 0.311. The predicted molar refractivity (Wildman–Crippen MR) is 53.2 cm³/mol. The normalized spacial score (nSPS) is 10.5. The number of halogens is 1. The summed E-state index contributed by atoms with van der Waals surface area (Å²) < 4.78 is 1.77. The van der Waals surface area contributed by atoms with E-state index in [-0.39, 0.29) is 0 Å². The molecule has 3 nitrogen and oxygen atoms in total. The molecule has 66 valence electrons. The molecule has 0 amide bonds. The second-order valence-electron chi connectivity index (χ2n) is 2.71. The zero-order valence-corrected chi connectivity index (χ0v) is 8.15. The Hall–Kier alpha value is -1.29. The number of fused-ring (bicyclic) bond motifs is 1. The smallest absolute Gasteiger partial charge is 0.335 e. The summed E-state index contributed by atoms with van der Waals surface area (Å²) in [6.07, 6.45) is 1.83. The molecular formula is C9H6BrNO2. The van der Waals surface area contributed by atoms with Gasteiger partial charge in [-0.05, 0) is 24.3 Å². The number of hydrogen-bond acceptors (Lipinski definition) is 1. The van der Waals surface area contributed by atoms with Gasteiger partial charge >= 0.3 is 5.97 Å². The van der Waals surface area contributed by atoms with Crippen LogP contribution in [0.5, 0.6) is 0 Å². The van der Waals surface area contributed by atoms with Crippen molar-refractivity contribution in [2.45, 2.75) is 0 Å². The minimum Gasteiger partial charge on any atom is -0.478 e. The molecule has 0 bridgehead atoms. The molecule has 0 unspecified atom stereocenters. The molecule has 0 saturated carbocycles. The minimum atomic E-state index is -0.899. The third kappa shape index (κ3) is 1.33. The van der Waals surface area contributed by atoms with Crippen LogP contribution in [0.15, 0.2) is 30.5 Å². The molecule has 0 saturated heterocycles. The van der Waals surface area contributed by atoms with E-state index in [1.54, 1.807) is 21.8 Å². The average molecular weight is 240 g/mol. The lowest BCUT2D eigenvalue weighted by atomic mass is 10.1. The summed E-state index contributed by atoms with van der Waals surface area (Å²) in [5, 5.41) is 9.65. The lowest BCUT2D eigenvalue weighted by molar-refractivity contribution is 0.0697. The second-order valence-corrected chi connectivity index (χ2v) is 3.47. The van der Waals surface area contributed by atoms with Crippen molar-refractivity contribution in [1.29, 1.82) is 0 Å². The zero-order chi connectivity index (χ0) is 9.42. The van der Waals surface area contributed by atoms with Gasteiger partial charge in [-0.15, -0.1) is 0 Å². The van der Waals surface area contributed by atoms with E-state index in [9.17, 15) is 4.79 Å². The third-order valence-electron chi connectivity index (χ3n) is 1.89. The van der Waals surface area contributed by atoms with Crippen molar-refractivity contribution in [2.24, 2.45) is 0 Å². The third-order valence-corrected chi connectivity index (χ3v) is 2.51. The summed E-state index contributed by atoms with van der Waals surface area (Å²) in [4.78, 5) is 10.6. The largest absolute Gasteiger partial charge is 0.478 e. The molecule has 4 heteroatoms. The first-order chi connectivity index (χ1) is 6.18. The van der Waals surface area contributed by atoms with Crippen LogP contribution in [-0.2, 0) is 0 Å². The Morgan fingerprint density at radius 3 is 2.85 bits per heavy atom. The maximum Gasteiger partial charge on any atom is 0.335 e. The van der Waals surface area contributed by atoms with Crippen molar-refractivity contribution in [3.8, 4) is 0 Å². The summed E-state index contributed by atoms with van der Waals surface area (Å²) in [5.41, 5.74) is 1.27. The van der Waals surface area contributed by atoms with Gasteiger partial charge in [0, 0.05) is 11.6 Å². The van der Waals surface area contributed by atoms with Gasteiger partial charge in [-0.2, -0.15) is 0 Å². The summed E-state index contributed by atoms with van der Waals surface area (Å²) in [7, 11) is 0. The summed E-state index contributed by atoms with van der Waals surface area (Å²) in [6, 6.07) is 6.86. The van der Waals surface area contributed by atoms with Gasteiger partial charge in [0.1, 0.15) is 0 Å². The molecule has 0 radical (unpaired) electrons. The topological polar surface area (TPSA) is 42.2 Å². The number of carboxylic acids is 1. The standard InChI is InChI=1S/C9H6BrNO2/c10-11-4-3-6-5-7(9(12)13)1-2-8(6)11/h1-5H,(H,12,13). The number of carboxylic acid groups (broad SMARTS) is 1. The number of aromatic nitrogens is 1. The lowest BCUT2D eigenvalue weighted by Gasteiger charge is -1.95. The Kier molecular flexibility index (Phi) is 1.84. The molecule has 0 atom stereocenters. The fourth-order valence-electron chi connectivity index (χ4n) is 1.24. The molecular weight excluding hydrogens is 234 g/mol. The number of aromatic carboxylic acids is 1. The lowest BCUT2D eigenvalue weighted by Crippen LogP contribution is -1.94. The monoisotopic (exact) mass is 239 g/mol. The average Bonchev–Trinajstić information content (AvgIpc) is 2.47. The van der Waals surface area contributed by atoms with Crippen molar-refractivity contribution < 1.29 is 9.90 Å². The van der Waals surface area contributed by atoms with E-state index in [0.29, 0.717) is 5.56 Å². The van der Waals surface area contributed by atoms with Crippen LogP contribution in [-0.4, -0.2) is 14.7 Å². The quantitative estimate of drug-likeness (QED) is 0.831. The molecule has 1 aromatic carbocycles. The van der Waals surface area contributed by atoms with E-state index in [4.69, 9.17) is 5.11 Å². The first-order valence-corrected chi connectivity index (χ1v) is 4.40. The fourth-order valence-corrected chi connectivity index (χ4v) is 1.68. The molecule has 0 aliphatic carbocycles. The van der Waals surface area contributed by atoms with Crippen LogP contribution in [0.2, 0.25) is 0 Å². The van der Waals surface area contributed by atoms with E-state index in [1.165, 1.54) is 0 Å². The number of rotatable bonds is 1. The number of benzene rings is 1. The predicted octanol–water partition coefficient (Wildman–Crippen LogP) is 2.50. The van der Waals surface area contributed by atoms with E-state index in [0.717, 1.165) is 10.9 Å². The van der Waals surface area contributed by atoms with Crippen molar-refractivity contribution in [3.63, 3.8) is 0 Å². The molecule has 0 spiro atoms. The number of nitrogens with zero attached hydrogens (tertiary/aromatic N) is 1. The first kappa shape index (κ1) is 8.31. The second kappa shape index (κ2) is 2.88. The van der Waals surface area contributed by atoms with Gasteiger partial charge in [-0.25, -0.2) is 4.79 Å². The maximum absolute atomic E-state index is 10.6. The van der Waals surface area contributed by atoms with Crippen molar-refractivity contribution in [2.75, 3.05) is 0 Å². The highest BCUT2D eigenvalue weighted by Gasteiger charge is 2.04. The number of carbonyl (C=O) groups is 1. The van der Waals surface area contributed by atoms with Crippen LogP contribution in [0.3, 0.4) is 0 Å². The molecule has 1 heterocycles. The molecule has 0 aliphatic rings. The van der Waals surface area contributed by atoms with Crippen LogP contribution in [0, 0.1) is 0 Å². The Bertz CT molecular complexity index is 475. The molecule has 0 aliphatic heterocycles. The van der Waals surface area contributed by atoms with Crippen molar-refractivity contribution in [1.82, 2.24) is 3.59 Å². The molecule has 1 aromatic heterocycles. The van der Waals surface area contributed by atoms with Crippen molar-refractivity contribution >= 4 is 33.0 Å². The number of hydrogen-bond donors (Lipinski definition) is 1. The molecule has 13 heavy (non-hydrogen) atoms. The van der Waals surface area contributed by atoms with Crippen LogP contribution < -0.4 is 0 Å². The van der Waals surface area contributed by atoms with Gasteiger partial charge in [-0.1, -0.05) is 0 Å². The fraction of sp³-hybridized carbons (Fsp3) is 0. The SMILES string of the molecule is O=C(O)c1ccc2c(ccn2Br)c1. The van der Waals surface area contributed by atoms with Gasteiger partial charge in [0.25, 0.3) is 0 Å². The first-order valence-electron chi connectivity index (χ1n) is 3.69. The molecule has 2 rings (SSSR count).